The number of anilines is 1. The van der Waals surface area contributed by atoms with Crippen LogP contribution in [-0.4, -0.2) is 45.9 Å². The molecule has 1 aliphatic carbocycles. The fraction of sp³-hybridized carbons (Fsp3) is 0.389. The van der Waals surface area contributed by atoms with Gasteiger partial charge in [-0.15, -0.1) is 0 Å². The van der Waals surface area contributed by atoms with E-state index in [0.717, 1.165) is 0 Å². The first-order valence-electron chi connectivity index (χ1n) is 8.81. The lowest BCUT2D eigenvalue weighted by molar-refractivity contribution is -0.0501. The highest BCUT2D eigenvalue weighted by Gasteiger charge is 2.24. The summed E-state index contributed by atoms with van der Waals surface area (Å²) in [7, 11) is 0. The molecule has 8 nitrogen and oxygen atoms in total. The summed E-state index contributed by atoms with van der Waals surface area (Å²) in [4.78, 5) is 25.0. The number of carbonyl (C=O) groups excluding carboxylic acids is 2. The van der Waals surface area contributed by atoms with Crippen LogP contribution in [0, 0.1) is 0 Å². The number of halogens is 2. The Kier molecular flexibility index (Phi) is 6.19. The largest absolute Gasteiger partial charge is 0.434 e. The van der Waals surface area contributed by atoms with Crippen molar-refractivity contribution >= 4 is 17.5 Å². The van der Waals surface area contributed by atoms with Crippen molar-refractivity contribution < 1.29 is 28.2 Å². The van der Waals surface area contributed by atoms with Crippen LogP contribution in [0.25, 0.3) is 0 Å². The molecule has 150 valence electrons. The summed E-state index contributed by atoms with van der Waals surface area (Å²) < 4.78 is 29.4. The van der Waals surface area contributed by atoms with Crippen molar-refractivity contribution in [2.75, 3.05) is 5.32 Å². The average Bonchev–Trinajstić information content (AvgIpc) is 3.11. The molecule has 1 aromatic carbocycles. The maximum Gasteiger partial charge on any atom is 0.387 e. The minimum Gasteiger partial charge on any atom is -0.434 e. The molecule has 0 atom stereocenters. The fourth-order valence-corrected chi connectivity index (χ4v) is 3.07. The second-order valence-electron chi connectivity index (χ2n) is 6.47. The van der Waals surface area contributed by atoms with Crippen molar-refractivity contribution in [3.05, 3.63) is 41.7 Å². The highest BCUT2D eigenvalue weighted by molar-refractivity contribution is 6.09. The Balaban J connectivity index is 1.69. The zero-order valence-electron chi connectivity index (χ0n) is 14.8. The fourth-order valence-electron chi connectivity index (χ4n) is 3.07. The highest BCUT2D eigenvalue weighted by Crippen LogP contribution is 2.23. The van der Waals surface area contributed by atoms with Gasteiger partial charge in [0.05, 0.1) is 23.6 Å². The number of alkyl halides is 2. The molecular weight excluding hydrogens is 374 g/mol. The second-order valence-corrected chi connectivity index (χ2v) is 6.47. The van der Waals surface area contributed by atoms with Gasteiger partial charge in [0.1, 0.15) is 11.4 Å². The molecular formula is C18H20F2N4O4. The number of aliphatic hydroxyl groups excluding tert-OH is 1. The van der Waals surface area contributed by atoms with Gasteiger partial charge in [0, 0.05) is 6.04 Å². The second kappa shape index (κ2) is 8.79. The summed E-state index contributed by atoms with van der Waals surface area (Å²) in [6.45, 7) is -3.07. The Bertz CT molecular complexity index is 834. The molecule has 0 saturated heterocycles. The van der Waals surface area contributed by atoms with Gasteiger partial charge in [-0.1, -0.05) is 12.1 Å². The van der Waals surface area contributed by atoms with Crippen molar-refractivity contribution in [1.82, 2.24) is 15.5 Å². The van der Waals surface area contributed by atoms with Crippen molar-refractivity contribution in [1.29, 1.82) is 0 Å². The number of hydrogen-bond donors (Lipinski definition) is 4. The summed E-state index contributed by atoms with van der Waals surface area (Å²) >= 11 is 0. The van der Waals surface area contributed by atoms with Crippen LogP contribution in [0.5, 0.6) is 5.75 Å². The van der Waals surface area contributed by atoms with Crippen LogP contribution in [0.1, 0.15) is 46.5 Å². The third-order valence-electron chi connectivity index (χ3n) is 4.49. The third kappa shape index (κ3) is 4.83. The van der Waals surface area contributed by atoms with Gasteiger partial charge in [-0.2, -0.15) is 13.9 Å². The van der Waals surface area contributed by atoms with E-state index in [0.29, 0.717) is 25.7 Å². The number of nitrogens with zero attached hydrogens (tertiary/aromatic N) is 1. The van der Waals surface area contributed by atoms with Crippen LogP contribution in [0.2, 0.25) is 0 Å². The van der Waals surface area contributed by atoms with Crippen LogP contribution in [0.4, 0.5) is 14.5 Å². The van der Waals surface area contributed by atoms with E-state index in [9.17, 15) is 23.5 Å². The first kappa shape index (κ1) is 19.7. The Morgan fingerprint density at radius 1 is 1.18 bits per heavy atom. The molecule has 0 radical (unpaired) electrons. The molecule has 0 spiro atoms. The number of amides is 2. The predicted molar refractivity (Wildman–Crippen MR) is 95.3 cm³/mol. The van der Waals surface area contributed by atoms with E-state index in [-0.39, 0.29) is 34.8 Å². The van der Waals surface area contributed by atoms with Gasteiger partial charge in [0.25, 0.3) is 11.8 Å². The van der Waals surface area contributed by atoms with Crippen LogP contribution in [0.3, 0.4) is 0 Å². The highest BCUT2D eigenvalue weighted by atomic mass is 19.3. The number of ether oxygens (including phenoxy) is 1. The number of aliphatic hydroxyl groups is 1. The van der Waals surface area contributed by atoms with Crippen LogP contribution < -0.4 is 15.4 Å². The summed E-state index contributed by atoms with van der Waals surface area (Å²) in [5.74, 6) is -1.44. The number of benzene rings is 1. The summed E-state index contributed by atoms with van der Waals surface area (Å²) in [6.07, 6.45) is 3.44. The van der Waals surface area contributed by atoms with Crippen molar-refractivity contribution in [2.45, 2.75) is 44.4 Å². The molecule has 0 aliphatic heterocycles. The zero-order chi connectivity index (χ0) is 20.1. The lowest BCUT2D eigenvalue weighted by atomic mass is 9.93. The number of aromatic amines is 1. The zero-order valence-corrected chi connectivity index (χ0v) is 14.8. The Labute approximate surface area is 159 Å². The molecule has 10 heteroatoms. The topological polar surface area (TPSA) is 116 Å². The van der Waals surface area contributed by atoms with Crippen LogP contribution in [-0.2, 0) is 0 Å². The normalized spacial score (nSPS) is 19.3. The third-order valence-corrected chi connectivity index (χ3v) is 4.49. The van der Waals surface area contributed by atoms with Crippen molar-refractivity contribution in [3.63, 3.8) is 0 Å². The monoisotopic (exact) mass is 394 g/mol. The lowest BCUT2D eigenvalue weighted by Gasteiger charge is -2.26. The molecule has 0 unspecified atom stereocenters. The van der Waals surface area contributed by atoms with Crippen LogP contribution >= 0.6 is 0 Å². The molecule has 1 aliphatic rings. The van der Waals surface area contributed by atoms with Gasteiger partial charge in [-0.05, 0) is 37.8 Å². The van der Waals surface area contributed by atoms with E-state index in [1.54, 1.807) is 0 Å². The molecule has 3 rings (SSSR count). The van der Waals surface area contributed by atoms with Crippen molar-refractivity contribution in [3.8, 4) is 5.75 Å². The van der Waals surface area contributed by atoms with E-state index in [2.05, 4.69) is 25.6 Å². The molecule has 28 heavy (non-hydrogen) atoms. The number of nitrogens with one attached hydrogen (secondary N) is 3. The SMILES string of the molecule is O=C(Nc1cn[nH]c1C(=O)NC1CCC(O)CC1)c1ccccc1OC(F)F. The molecule has 2 amide bonds. The first-order chi connectivity index (χ1) is 13.4. The minimum atomic E-state index is -3.07. The van der Waals surface area contributed by atoms with E-state index < -0.39 is 18.4 Å². The van der Waals surface area contributed by atoms with E-state index in [4.69, 9.17) is 0 Å². The van der Waals surface area contributed by atoms with Gasteiger partial charge in [-0.3, -0.25) is 14.7 Å². The maximum atomic E-state index is 12.5. The number of carbonyl (C=O) groups is 2. The first-order valence-corrected chi connectivity index (χ1v) is 8.81. The number of rotatable bonds is 6. The van der Waals surface area contributed by atoms with Gasteiger partial charge in [0.2, 0.25) is 0 Å². The quantitative estimate of drug-likeness (QED) is 0.600. The van der Waals surface area contributed by atoms with E-state index in [1.807, 2.05) is 0 Å². The number of para-hydroxylation sites is 1. The minimum absolute atomic E-state index is 0.0479. The molecule has 0 bridgehead atoms. The molecule has 1 saturated carbocycles. The summed E-state index contributed by atoms with van der Waals surface area (Å²) in [5.41, 5.74) is 0.0635. The van der Waals surface area contributed by atoms with Gasteiger partial charge in [0.15, 0.2) is 0 Å². The molecule has 1 heterocycles. The smallest absolute Gasteiger partial charge is 0.387 e. The summed E-state index contributed by atoms with van der Waals surface area (Å²) in [5, 5.41) is 21.2. The average molecular weight is 394 g/mol. The van der Waals surface area contributed by atoms with Crippen molar-refractivity contribution in [2.24, 2.45) is 0 Å². The van der Waals surface area contributed by atoms with Gasteiger partial charge >= 0.3 is 6.61 Å². The molecule has 1 aromatic heterocycles. The Morgan fingerprint density at radius 3 is 2.61 bits per heavy atom. The van der Waals surface area contributed by atoms with Crippen LogP contribution in [0.15, 0.2) is 30.5 Å². The Morgan fingerprint density at radius 2 is 1.89 bits per heavy atom. The number of H-pyrrole nitrogens is 1. The van der Waals surface area contributed by atoms with Gasteiger partial charge < -0.3 is 20.5 Å². The number of aromatic nitrogens is 2. The standard InChI is InChI=1S/C18H20F2N4O4/c19-18(20)28-14-4-2-1-3-12(14)16(26)23-13-9-21-24-15(13)17(27)22-10-5-7-11(25)8-6-10/h1-4,9-11,18,25H,5-8H2,(H,21,24)(H,22,27)(H,23,26). The molecule has 1 fully saturated rings. The summed E-state index contributed by atoms with van der Waals surface area (Å²) in [6, 6.07) is 5.48. The maximum absolute atomic E-state index is 12.5. The molecule has 4 N–H and O–H groups in total. The van der Waals surface area contributed by atoms with E-state index in [1.165, 1.54) is 30.5 Å². The molecule has 2 aromatic rings. The van der Waals surface area contributed by atoms with E-state index >= 15 is 0 Å². The predicted octanol–water partition coefficient (Wildman–Crippen LogP) is 2.30. The number of hydrogen-bond acceptors (Lipinski definition) is 5. The van der Waals surface area contributed by atoms with Gasteiger partial charge in [-0.25, -0.2) is 0 Å². The lowest BCUT2D eigenvalue weighted by Crippen LogP contribution is -2.39. The Hall–Kier alpha value is -3.01.